The first-order valence-electron chi connectivity index (χ1n) is 11.1. The second-order valence-electron chi connectivity index (χ2n) is 8.11. The van der Waals surface area contributed by atoms with Crippen LogP contribution in [0.4, 0.5) is 0 Å². The average molecular weight is 453 g/mol. The normalized spacial score (nSPS) is 12.0. The summed E-state index contributed by atoms with van der Waals surface area (Å²) in [5, 5.41) is 10.6. The maximum absolute atomic E-state index is 11.8. The fourth-order valence-electron chi connectivity index (χ4n) is 4.06. The van der Waals surface area contributed by atoms with E-state index in [2.05, 4.69) is 4.57 Å². The summed E-state index contributed by atoms with van der Waals surface area (Å²) in [5.41, 5.74) is 3.55. The number of aromatic nitrogens is 2. The van der Waals surface area contributed by atoms with E-state index in [0.717, 1.165) is 40.9 Å². The molecule has 34 heavy (non-hydrogen) atoms. The Labute approximate surface area is 197 Å². The van der Waals surface area contributed by atoms with Gasteiger partial charge in [-0.25, -0.2) is 9.78 Å². The number of ether oxygens (including phenoxy) is 1. The molecule has 5 rings (SSSR count). The third-order valence-corrected chi connectivity index (χ3v) is 5.83. The van der Waals surface area contributed by atoms with Crippen LogP contribution >= 0.6 is 0 Å². The van der Waals surface area contributed by atoms with Gasteiger partial charge in [-0.15, -0.1) is 0 Å². The van der Waals surface area contributed by atoms with Crippen molar-refractivity contribution >= 4 is 16.9 Å². The van der Waals surface area contributed by atoms with Gasteiger partial charge in [0.05, 0.1) is 5.69 Å². The number of benzene rings is 3. The Kier molecular flexibility index (Phi) is 5.87. The van der Waals surface area contributed by atoms with E-state index in [4.69, 9.17) is 14.1 Å². The number of nitrogens with zero attached hydrogens (tertiary/aromatic N) is 2. The quantitative estimate of drug-likeness (QED) is 0.310. The van der Waals surface area contributed by atoms with E-state index in [9.17, 15) is 9.90 Å². The Morgan fingerprint density at radius 3 is 2.50 bits per heavy atom. The Morgan fingerprint density at radius 2 is 1.76 bits per heavy atom. The highest BCUT2D eigenvalue weighted by Gasteiger charge is 2.22. The summed E-state index contributed by atoms with van der Waals surface area (Å²) in [6.45, 7) is 2.69. The number of carboxylic acid groups (broad SMARTS) is 1. The molecule has 1 unspecified atom stereocenters. The van der Waals surface area contributed by atoms with E-state index < -0.39 is 12.1 Å². The van der Waals surface area contributed by atoms with E-state index in [1.165, 1.54) is 0 Å². The molecule has 170 valence electrons. The van der Waals surface area contributed by atoms with Crippen molar-refractivity contribution in [3.63, 3.8) is 0 Å². The zero-order chi connectivity index (χ0) is 23.5. The van der Waals surface area contributed by atoms with Crippen molar-refractivity contribution < 1.29 is 19.1 Å². The molecule has 0 aliphatic rings. The molecule has 0 aliphatic heterocycles. The van der Waals surface area contributed by atoms with Crippen molar-refractivity contribution in [1.29, 1.82) is 0 Å². The first-order chi connectivity index (χ1) is 16.6. The fourth-order valence-corrected chi connectivity index (χ4v) is 4.06. The molecule has 2 aromatic heterocycles. The van der Waals surface area contributed by atoms with Gasteiger partial charge in [0.2, 0.25) is 12.0 Å². The molecule has 6 nitrogen and oxygen atoms in total. The maximum Gasteiger partial charge on any atom is 0.349 e. The van der Waals surface area contributed by atoms with Crippen molar-refractivity contribution in [2.45, 2.75) is 26.0 Å². The van der Waals surface area contributed by atoms with Gasteiger partial charge in [0.1, 0.15) is 11.5 Å². The SMILES string of the molecule is Cc1oc(-c2ccccc2)nc1CCn1ccc2cc(OC(C(=O)O)c3ccccc3)ccc21. The lowest BCUT2D eigenvalue weighted by Gasteiger charge is -2.15. The molecule has 0 fully saturated rings. The number of fused-ring (bicyclic) bond motifs is 1. The van der Waals surface area contributed by atoms with Gasteiger partial charge in [-0.05, 0) is 43.3 Å². The van der Waals surface area contributed by atoms with Crippen molar-refractivity contribution in [3.8, 4) is 17.2 Å². The molecule has 3 aromatic carbocycles. The number of oxazole rings is 1. The number of hydrogen-bond acceptors (Lipinski definition) is 4. The first-order valence-corrected chi connectivity index (χ1v) is 11.1. The molecule has 0 aliphatic carbocycles. The van der Waals surface area contributed by atoms with Crippen molar-refractivity contribution in [2.75, 3.05) is 0 Å². The number of aryl methyl sites for hydroxylation is 3. The lowest BCUT2D eigenvalue weighted by atomic mass is 10.1. The second-order valence-corrected chi connectivity index (χ2v) is 8.11. The van der Waals surface area contributed by atoms with Gasteiger partial charge < -0.3 is 18.8 Å². The monoisotopic (exact) mass is 452 g/mol. The summed E-state index contributed by atoms with van der Waals surface area (Å²) in [6, 6.07) is 26.5. The molecule has 0 saturated heterocycles. The van der Waals surface area contributed by atoms with E-state index in [1.807, 2.05) is 73.8 Å². The van der Waals surface area contributed by atoms with Crippen LogP contribution in [0.15, 0.2) is 95.5 Å². The van der Waals surface area contributed by atoms with Crippen LogP contribution in [-0.2, 0) is 17.8 Å². The summed E-state index contributed by atoms with van der Waals surface area (Å²) in [4.78, 5) is 16.5. The smallest absolute Gasteiger partial charge is 0.349 e. The van der Waals surface area contributed by atoms with Crippen LogP contribution in [0.5, 0.6) is 5.75 Å². The zero-order valence-electron chi connectivity index (χ0n) is 18.7. The minimum atomic E-state index is -1.06. The molecule has 2 heterocycles. The highest BCUT2D eigenvalue weighted by molar-refractivity contribution is 5.82. The molecule has 6 heteroatoms. The largest absolute Gasteiger partial charge is 0.478 e. The van der Waals surface area contributed by atoms with E-state index in [1.54, 1.807) is 24.3 Å². The van der Waals surface area contributed by atoms with Crippen LogP contribution in [-0.4, -0.2) is 20.6 Å². The number of rotatable bonds is 8. The van der Waals surface area contributed by atoms with E-state index in [-0.39, 0.29) is 0 Å². The van der Waals surface area contributed by atoms with Crippen molar-refractivity contribution in [2.24, 2.45) is 0 Å². The van der Waals surface area contributed by atoms with Crippen LogP contribution in [0.25, 0.3) is 22.4 Å². The van der Waals surface area contributed by atoms with Crippen molar-refractivity contribution in [1.82, 2.24) is 9.55 Å². The molecule has 0 saturated carbocycles. The first kappa shape index (κ1) is 21.5. The molecule has 1 atom stereocenters. The lowest BCUT2D eigenvalue weighted by molar-refractivity contribution is -0.145. The maximum atomic E-state index is 11.8. The summed E-state index contributed by atoms with van der Waals surface area (Å²) in [5.74, 6) is 0.952. The van der Waals surface area contributed by atoms with Crippen LogP contribution in [0, 0.1) is 6.92 Å². The van der Waals surface area contributed by atoms with Gasteiger partial charge >= 0.3 is 5.97 Å². The Balaban J connectivity index is 1.32. The third-order valence-electron chi connectivity index (χ3n) is 5.83. The molecular weight excluding hydrogens is 428 g/mol. The Morgan fingerprint density at radius 1 is 1.03 bits per heavy atom. The highest BCUT2D eigenvalue weighted by Crippen LogP contribution is 2.28. The number of carboxylic acids is 1. The number of aliphatic carboxylic acids is 1. The summed E-state index contributed by atoms with van der Waals surface area (Å²) in [6.07, 6.45) is 1.70. The summed E-state index contributed by atoms with van der Waals surface area (Å²) in [7, 11) is 0. The second kappa shape index (κ2) is 9.27. The van der Waals surface area contributed by atoms with E-state index in [0.29, 0.717) is 17.2 Å². The molecule has 5 aromatic rings. The minimum Gasteiger partial charge on any atom is -0.478 e. The van der Waals surface area contributed by atoms with Crippen molar-refractivity contribution in [3.05, 3.63) is 108 Å². The highest BCUT2D eigenvalue weighted by atomic mass is 16.5. The van der Waals surface area contributed by atoms with Crippen LogP contribution in [0.3, 0.4) is 0 Å². The van der Waals surface area contributed by atoms with Crippen LogP contribution < -0.4 is 4.74 Å². The molecule has 0 bridgehead atoms. The van der Waals surface area contributed by atoms with Gasteiger partial charge in [0, 0.05) is 41.2 Å². The molecular formula is C28H24N2O4. The average Bonchev–Trinajstić information content (AvgIpc) is 3.44. The van der Waals surface area contributed by atoms with Crippen LogP contribution in [0.1, 0.15) is 23.1 Å². The molecule has 1 N–H and O–H groups in total. The molecule has 0 radical (unpaired) electrons. The standard InChI is InChI=1S/C28H24N2O4/c1-19-24(29-27(33-19)21-10-6-3-7-11-21)15-17-30-16-14-22-18-23(12-13-25(22)30)34-26(28(31)32)20-8-4-2-5-9-20/h2-14,16,18,26H,15,17H2,1H3,(H,31,32). The van der Waals surface area contributed by atoms with E-state index >= 15 is 0 Å². The van der Waals surface area contributed by atoms with Gasteiger partial charge in [-0.2, -0.15) is 0 Å². The number of hydrogen-bond donors (Lipinski definition) is 1. The minimum absolute atomic E-state index is 0.515. The van der Waals surface area contributed by atoms with Gasteiger partial charge in [0.25, 0.3) is 0 Å². The molecule has 0 amide bonds. The van der Waals surface area contributed by atoms with Gasteiger partial charge in [-0.3, -0.25) is 0 Å². The van der Waals surface area contributed by atoms with Gasteiger partial charge in [-0.1, -0.05) is 48.5 Å². The fraction of sp³-hybridized carbons (Fsp3) is 0.143. The Bertz CT molecular complexity index is 1420. The Hall–Kier alpha value is -4.32. The predicted octanol–water partition coefficient (Wildman–Crippen LogP) is 6.05. The molecule has 0 spiro atoms. The van der Waals surface area contributed by atoms with Crippen LogP contribution in [0.2, 0.25) is 0 Å². The summed E-state index contributed by atoms with van der Waals surface area (Å²) >= 11 is 0. The number of carbonyl (C=O) groups is 1. The predicted molar refractivity (Wildman–Crippen MR) is 130 cm³/mol. The topological polar surface area (TPSA) is 77.5 Å². The summed E-state index contributed by atoms with van der Waals surface area (Å²) < 4.78 is 13.9. The third kappa shape index (κ3) is 4.43. The zero-order valence-corrected chi connectivity index (χ0v) is 18.7. The van der Waals surface area contributed by atoms with Gasteiger partial charge in [0.15, 0.2) is 0 Å². The lowest BCUT2D eigenvalue weighted by Crippen LogP contribution is -2.18.